The molecule has 7 heteroatoms. The van der Waals surface area contributed by atoms with E-state index in [0.29, 0.717) is 0 Å². The van der Waals surface area contributed by atoms with Crippen LogP contribution in [0.3, 0.4) is 0 Å². The molecule has 0 aliphatic heterocycles. The maximum absolute atomic E-state index is 9.48. The first-order chi connectivity index (χ1) is 4.91. The maximum atomic E-state index is 9.48. The van der Waals surface area contributed by atoms with Gasteiger partial charge in [-0.05, 0) is 6.42 Å². The number of carbonyl (C=O) groups excluding carboxylic acids is 3. The quantitative estimate of drug-likeness (QED) is 0.330. The average molecular weight is 206 g/mol. The Bertz CT molecular complexity index is 156. The summed E-state index contributed by atoms with van der Waals surface area (Å²) in [6.07, 6.45) is 0.111. The van der Waals surface area contributed by atoms with E-state index in [-0.39, 0.29) is 65.5 Å². The summed E-state index contributed by atoms with van der Waals surface area (Å²) >= 11 is 0. The van der Waals surface area contributed by atoms with Crippen LogP contribution in [0, 0.1) is 0 Å². The summed E-state index contributed by atoms with van der Waals surface area (Å²) in [4.78, 5) is 28.0. The van der Waals surface area contributed by atoms with Gasteiger partial charge in [-0.25, -0.2) is 0 Å². The van der Waals surface area contributed by atoms with Gasteiger partial charge in [-0.15, -0.1) is 0 Å². The van der Waals surface area contributed by atoms with Crippen molar-refractivity contribution < 1.29 is 83.7 Å². The van der Waals surface area contributed by atoms with Crippen molar-refractivity contribution in [1.29, 1.82) is 0 Å². The Kier molecular flexibility index (Phi) is 27.2. The van der Waals surface area contributed by atoms with Gasteiger partial charge in [0.05, 0.1) is 0 Å². The summed E-state index contributed by atoms with van der Waals surface area (Å²) in [5.74, 6) is -3.56. The number of carboxylic acids is 2. The van der Waals surface area contributed by atoms with Gasteiger partial charge in [-0.1, -0.05) is 6.92 Å². The van der Waals surface area contributed by atoms with E-state index in [0.717, 1.165) is 6.92 Å². The van der Waals surface area contributed by atoms with Crippen molar-refractivity contribution in [2.24, 2.45) is 0 Å². The molecule has 0 spiro atoms. The predicted octanol–water partition coefficient (Wildman–Crippen LogP) is -8.52. The molecule has 0 bridgehead atoms. The minimum absolute atomic E-state index is 0. The van der Waals surface area contributed by atoms with Crippen molar-refractivity contribution in [3.8, 4) is 0 Å². The number of ketones is 1. The van der Waals surface area contributed by atoms with Crippen LogP contribution in [0.1, 0.15) is 20.3 Å². The van der Waals surface area contributed by atoms with Gasteiger partial charge in [-0.3, -0.25) is 4.79 Å². The smallest absolute Gasteiger partial charge is 0.550 e. The minimum atomic E-state index is -1.63. The number of Topliss-reactive ketones (excluding diaryl/α,β-unsaturated/α-hetero) is 1. The second-order valence-corrected chi connectivity index (χ2v) is 1.57. The van der Waals surface area contributed by atoms with Gasteiger partial charge in [-0.2, -0.15) is 0 Å². The number of carbonyl (C=O) groups is 3. The fourth-order valence-corrected chi connectivity index (χ4v) is 0. The molecule has 0 aliphatic carbocycles. The summed E-state index contributed by atoms with van der Waals surface area (Å²) in [7, 11) is 0. The van der Waals surface area contributed by atoms with E-state index >= 15 is 0 Å². The van der Waals surface area contributed by atoms with Crippen molar-refractivity contribution >= 4 is 17.7 Å². The first-order valence-corrected chi connectivity index (χ1v) is 2.83. The Morgan fingerprint density at radius 3 is 1.23 bits per heavy atom. The van der Waals surface area contributed by atoms with Crippen LogP contribution in [0.25, 0.3) is 0 Å². The molecule has 64 valence electrons. The van der Waals surface area contributed by atoms with Gasteiger partial charge in [0.15, 0.2) is 5.78 Å². The Hall–Kier alpha value is 0.610. The summed E-state index contributed by atoms with van der Waals surface area (Å²) in [5, 5.41) is 18.5. The number of aliphatic carboxylic acids is 2. The van der Waals surface area contributed by atoms with Gasteiger partial charge >= 0.3 is 59.1 Å². The molecular formula is C6H8Na2O5. The van der Waals surface area contributed by atoms with E-state index in [1.165, 1.54) is 6.92 Å². The molecule has 0 saturated carbocycles. The first kappa shape index (κ1) is 23.4. The Labute approximate surface area is 120 Å². The zero-order valence-electron chi connectivity index (χ0n) is 8.25. The Morgan fingerprint density at radius 2 is 1.23 bits per heavy atom. The minimum Gasteiger partial charge on any atom is -0.550 e. The summed E-state index contributed by atoms with van der Waals surface area (Å²) < 4.78 is 0. The normalized spacial score (nSPS) is 6.31. The van der Waals surface area contributed by atoms with Gasteiger partial charge in [0.25, 0.3) is 0 Å². The predicted molar refractivity (Wildman–Crippen MR) is 31.0 cm³/mol. The molecular weight excluding hydrogens is 198 g/mol. The molecule has 5 nitrogen and oxygen atoms in total. The summed E-state index contributed by atoms with van der Waals surface area (Å²) in [5.41, 5.74) is 0. The molecule has 0 heterocycles. The van der Waals surface area contributed by atoms with Crippen LogP contribution >= 0.6 is 0 Å². The van der Waals surface area contributed by atoms with E-state index < -0.39 is 17.7 Å². The van der Waals surface area contributed by atoms with Crippen LogP contribution in [-0.4, -0.2) is 17.7 Å². The summed E-state index contributed by atoms with van der Waals surface area (Å²) in [6, 6.07) is 0. The molecule has 0 aromatic rings. The van der Waals surface area contributed by atoms with Crippen LogP contribution < -0.4 is 69.3 Å². The number of hydrogen-bond donors (Lipinski definition) is 0. The van der Waals surface area contributed by atoms with Crippen LogP contribution in [-0.2, 0) is 14.4 Å². The van der Waals surface area contributed by atoms with Crippen LogP contribution in [0.5, 0.6) is 0 Å². The van der Waals surface area contributed by atoms with Gasteiger partial charge in [0.2, 0.25) is 0 Å². The van der Waals surface area contributed by atoms with Crippen LogP contribution in [0.2, 0.25) is 0 Å². The van der Waals surface area contributed by atoms with Crippen molar-refractivity contribution in [2.75, 3.05) is 0 Å². The Balaban J connectivity index is -0.0000000546. The molecule has 0 aromatic heterocycles. The van der Waals surface area contributed by atoms with Crippen molar-refractivity contribution in [3.05, 3.63) is 0 Å². The monoisotopic (exact) mass is 206 g/mol. The molecule has 0 saturated heterocycles. The van der Waals surface area contributed by atoms with Crippen LogP contribution in [0.4, 0.5) is 0 Å². The Morgan fingerprint density at radius 1 is 1.08 bits per heavy atom. The molecule has 0 N–H and O–H groups in total. The molecule has 0 radical (unpaired) electrons. The maximum Gasteiger partial charge on any atom is 1.00 e. The topological polar surface area (TPSA) is 97.3 Å². The summed E-state index contributed by atoms with van der Waals surface area (Å²) in [6.45, 7) is 2.48. The van der Waals surface area contributed by atoms with E-state index in [9.17, 15) is 24.6 Å². The third-order valence-corrected chi connectivity index (χ3v) is 0.576. The SMILES string of the molecule is CC(=O)C(=O)[O-].CCC(=O)[O-].[Na+].[Na+]. The molecule has 0 unspecified atom stereocenters. The molecule has 0 aromatic carbocycles. The number of hydrogen-bond acceptors (Lipinski definition) is 5. The molecule has 0 atom stereocenters. The van der Waals surface area contributed by atoms with Crippen LogP contribution in [0.15, 0.2) is 0 Å². The van der Waals surface area contributed by atoms with E-state index in [4.69, 9.17) is 0 Å². The zero-order valence-corrected chi connectivity index (χ0v) is 12.2. The molecule has 0 aliphatic rings. The van der Waals surface area contributed by atoms with E-state index in [1.807, 2.05) is 0 Å². The van der Waals surface area contributed by atoms with Crippen molar-refractivity contribution in [3.63, 3.8) is 0 Å². The van der Waals surface area contributed by atoms with Gasteiger partial charge in [0.1, 0.15) is 5.97 Å². The standard InChI is InChI=1S/C3H4O3.C3H6O2.2Na/c1-2(4)3(5)6;1-2-3(4)5;;/h1H3,(H,5,6);2H2,1H3,(H,4,5);;/q;;2*+1/p-2. The molecule has 13 heavy (non-hydrogen) atoms. The average Bonchev–Trinajstić information content (AvgIpc) is 1.89. The second-order valence-electron chi connectivity index (χ2n) is 1.57. The molecule has 0 amide bonds. The van der Waals surface area contributed by atoms with Crippen molar-refractivity contribution in [1.82, 2.24) is 0 Å². The van der Waals surface area contributed by atoms with E-state index in [1.54, 1.807) is 0 Å². The van der Waals surface area contributed by atoms with Gasteiger partial charge in [0, 0.05) is 12.9 Å². The molecule has 0 fully saturated rings. The largest absolute Gasteiger partial charge is 1.00 e. The third-order valence-electron chi connectivity index (χ3n) is 0.576. The zero-order chi connectivity index (χ0) is 9.44. The fourth-order valence-electron chi connectivity index (χ4n) is 0. The molecule has 0 rings (SSSR count). The van der Waals surface area contributed by atoms with Gasteiger partial charge < -0.3 is 19.8 Å². The second kappa shape index (κ2) is 15.1. The number of carboxylic acid groups (broad SMARTS) is 2. The third kappa shape index (κ3) is 32.5. The first-order valence-electron chi connectivity index (χ1n) is 2.83. The fraction of sp³-hybridized carbons (Fsp3) is 0.500. The van der Waals surface area contributed by atoms with Crippen molar-refractivity contribution in [2.45, 2.75) is 20.3 Å². The number of rotatable bonds is 2. The van der Waals surface area contributed by atoms with E-state index in [2.05, 4.69) is 0 Å².